The zero-order valence-corrected chi connectivity index (χ0v) is 11.4. The van der Waals surface area contributed by atoms with Crippen LogP contribution in [0.15, 0.2) is 54.6 Å². The van der Waals surface area contributed by atoms with Crippen LogP contribution in [0, 0.1) is 17.6 Å². The Kier molecular flexibility index (Phi) is 2.81. The van der Waals surface area contributed by atoms with Gasteiger partial charge in [-0.05, 0) is 41.7 Å². The van der Waals surface area contributed by atoms with Gasteiger partial charge in [-0.3, -0.25) is 0 Å². The van der Waals surface area contributed by atoms with E-state index in [9.17, 15) is 8.78 Å². The minimum Gasteiger partial charge on any atom is -0.375 e. The number of hydrogen-bond donors (Lipinski definition) is 1. The summed E-state index contributed by atoms with van der Waals surface area (Å²) in [5.74, 6) is 0.109. The lowest BCUT2D eigenvalue weighted by atomic mass is 9.77. The minimum atomic E-state index is -0.248. The highest BCUT2D eigenvalue weighted by atomic mass is 19.1. The molecule has 1 N–H and O–H groups in total. The molecule has 1 aliphatic heterocycles. The van der Waals surface area contributed by atoms with E-state index < -0.39 is 0 Å². The Morgan fingerprint density at radius 1 is 1.00 bits per heavy atom. The summed E-state index contributed by atoms with van der Waals surface area (Å²) in [4.78, 5) is 0. The molecule has 0 saturated heterocycles. The van der Waals surface area contributed by atoms with Gasteiger partial charge in [-0.2, -0.15) is 0 Å². The Labute approximate surface area is 122 Å². The van der Waals surface area contributed by atoms with E-state index >= 15 is 0 Å². The molecule has 0 spiro atoms. The molecule has 4 rings (SSSR count). The van der Waals surface area contributed by atoms with Crippen LogP contribution in [0.4, 0.5) is 14.5 Å². The fourth-order valence-electron chi connectivity index (χ4n) is 3.58. The molecule has 2 aliphatic rings. The lowest BCUT2D eigenvalue weighted by Gasteiger charge is -2.37. The van der Waals surface area contributed by atoms with Crippen molar-refractivity contribution in [3.63, 3.8) is 0 Å². The van der Waals surface area contributed by atoms with Crippen LogP contribution >= 0.6 is 0 Å². The number of benzene rings is 2. The smallest absolute Gasteiger partial charge is 0.146 e. The number of rotatable bonds is 1. The SMILES string of the molecule is Fc1ccc([C@H]2Nc3c(F)cccc3[C@H]3C=CC[C@H]32)cc1. The van der Waals surface area contributed by atoms with Crippen LogP contribution in [0.1, 0.15) is 29.5 Å². The normalized spacial score (nSPS) is 26.1. The van der Waals surface area contributed by atoms with Gasteiger partial charge in [0.15, 0.2) is 0 Å². The molecule has 1 heterocycles. The molecule has 2 aromatic carbocycles. The number of hydrogen-bond acceptors (Lipinski definition) is 1. The summed E-state index contributed by atoms with van der Waals surface area (Å²) < 4.78 is 27.3. The summed E-state index contributed by atoms with van der Waals surface area (Å²) in [6, 6.07) is 11.7. The molecule has 3 atom stereocenters. The maximum Gasteiger partial charge on any atom is 0.146 e. The first-order valence-electron chi connectivity index (χ1n) is 7.21. The Hall–Kier alpha value is -2.16. The number of fused-ring (bicyclic) bond motifs is 3. The van der Waals surface area contributed by atoms with Crippen LogP contribution in [-0.2, 0) is 0 Å². The van der Waals surface area contributed by atoms with Crippen LogP contribution in [-0.4, -0.2) is 0 Å². The first-order valence-corrected chi connectivity index (χ1v) is 7.21. The second-order valence-corrected chi connectivity index (χ2v) is 5.73. The van der Waals surface area contributed by atoms with Crippen molar-refractivity contribution in [2.75, 3.05) is 5.32 Å². The third kappa shape index (κ3) is 1.96. The predicted molar refractivity (Wildman–Crippen MR) is 79.2 cm³/mol. The molecular formula is C18H15F2N. The van der Waals surface area contributed by atoms with E-state index in [1.54, 1.807) is 18.2 Å². The first kappa shape index (κ1) is 12.6. The van der Waals surface area contributed by atoms with Gasteiger partial charge in [0.1, 0.15) is 11.6 Å². The lowest BCUT2D eigenvalue weighted by molar-refractivity contribution is 0.420. The van der Waals surface area contributed by atoms with Crippen molar-refractivity contribution in [2.24, 2.45) is 5.92 Å². The maximum atomic E-state index is 14.1. The highest BCUT2D eigenvalue weighted by Crippen LogP contribution is 2.50. The Morgan fingerprint density at radius 3 is 2.62 bits per heavy atom. The number of para-hydroxylation sites is 1. The highest BCUT2D eigenvalue weighted by Gasteiger charge is 2.38. The molecule has 3 heteroatoms. The molecule has 1 aliphatic carbocycles. The average Bonchev–Trinajstić information content (AvgIpc) is 2.98. The Balaban J connectivity index is 1.81. The van der Waals surface area contributed by atoms with E-state index in [-0.39, 0.29) is 23.6 Å². The number of nitrogens with one attached hydrogen (secondary N) is 1. The van der Waals surface area contributed by atoms with Gasteiger partial charge in [0.25, 0.3) is 0 Å². The molecule has 0 unspecified atom stereocenters. The van der Waals surface area contributed by atoms with Crippen LogP contribution in [0.3, 0.4) is 0 Å². The third-order valence-corrected chi connectivity index (χ3v) is 4.58. The molecule has 0 aromatic heterocycles. The fraction of sp³-hybridized carbons (Fsp3) is 0.222. The van der Waals surface area contributed by atoms with E-state index in [0.717, 1.165) is 17.5 Å². The van der Waals surface area contributed by atoms with Gasteiger partial charge in [-0.25, -0.2) is 8.78 Å². The summed E-state index contributed by atoms with van der Waals surface area (Å²) in [5.41, 5.74) is 2.61. The van der Waals surface area contributed by atoms with Crippen molar-refractivity contribution in [2.45, 2.75) is 18.4 Å². The van der Waals surface area contributed by atoms with E-state index in [1.807, 2.05) is 6.07 Å². The predicted octanol–water partition coefficient (Wildman–Crippen LogP) is 4.79. The van der Waals surface area contributed by atoms with E-state index in [1.165, 1.54) is 18.2 Å². The Bertz CT molecular complexity index is 706. The zero-order chi connectivity index (χ0) is 14.4. The van der Waals surface area contributed by atoms with Crippen molar-refractivity contribution in [3.8, 4) is 0 Å². The fourth-order valence-corrected chi connectivity index (χ4v) is 3.58. The van der Waals surface area contributed by atoms with Crippen molar-refractivity contribution >= 4 is 5.69 Å². The summed E-state index contributed by atoms with van der Waals surface area (Å²) >= 11 is 0. The summed E-state index contributed by atoms with van der Waals surface area (Å²) in [5, 5.41) is 3.33. The molecule has 0 saturated carbocycles. The van der Waals surface area contributed by atoms with Gasteiger partial charge in [-0.1, -0.05) is 36.4 Å². The monoisotopic (exact) mass is 283 g/mol. The second-order valence-electron chi connectivity index (χ2n) is 5.73. The largest absolute Gasteiger partial charge is 0.375 e. The number of allylic oxidation sites excluding steroid dienone is 2. The first-order chi connectivity index (χ1) is 10.2. The van der Waals surface area contributed by atoms with Gasteiger partial charge in [0.05, 0.1) is 11.7 Å². The molecule has 0 radical (unpaired) electrons. The molecule has 21 heavy (non-hydrogen) atoms. The number of anilines is 1. The van der Waals surface area contributed by atoms with Crippen molar-refractivity contribution < 1.29 is 8.78 Å². The second kappa shape index (κ2) is 4.69. The van der Waals surface area contributed by atoms with Crippen LogP contribution in [0.25, 0.3) is 0 Å². The average molecular weight is 283 g/mol. The van der Waals surface area contributed by atoms with Gasteiger partial charge in [0.2, 0.25) is 0 Å². The molecule has 0 fully saturated rings. The standard InChI is InChI=1S/C18H15F2N/c19-12-9-7-11(8-10-12)17-14-4-1-3-13(14)15-5-2-6-16(20)18(15)21-17/h1-3,5-10,13-14,17,21H,4H2/t13-,14+,17+/m0/s1. The highest BCUT2D eigenvalue weighted by molar-refractivity contribution is 5.60. The van der Waals surface area contributed by atoms with Crippen molar-refractivity contribution in [3.05, 3.63) is 77.4 Å². The van der Waals surface area contributed by atoms with Gasteiger partial charge in [-0.15, -0.1) is 0 Å². The quantitative estimate of drug-likeness (QED) is 0.742. The molecule has 0 bridgehead atoms. The summed E-state index contributed by atoms with van der Waals surface area (Å²) in [7, 11) is 0. The summed E-state index contributed by atoms with van der Waals surface area (Å²) in [6.45, 7) is 0. The Morgan fingerprint density at radius 2 is 1.81 bits per heavy atom. The van der Waals surface area contributed by atoms with E-state index in [2.05, 4.69) is 17.5 Å². The van der Waals surface area contributed by atoms with Gasteiger partial charge < -0.3 is 5.32 Å². The van der Waals surface area contributed by atoms with Crippen LogP contribution < -0.4 is 5.32 Å². The minimum absolute atomic E-state index is 0.00926. The topological polar surface area (TPSA) is 12.0 Å². The van der Waals surface area contributed by atoms with Crippen molar-refractivity contribution in [1.82, 2.24) is 0 Å². The van der Waals surface area contributed by atoms with Crippen molar-refractivity contribution in [1.29, 1.82) is 0 Å². The van der Waals surface area contributed by atoms with Gasteiger partial charge in [0, 0.05) is 5.92 Å². The number of halogens is 2. The van der Waals surface area contributed by atoms with E-state index in [4.69, 9.17) is 0 Å². The zero-order valence-electron chi connectivity index (χ0n) is 11.4. The van der Waals surface area contributed by atoms with E-state index in [0.29, 0.717) is 11.6 Å². The molecule has 106 valence electrons. The third-order valence-electron chi connectivity index (χ3n) is 4.58. The van der Waals surface area contributed by atoms with Crippen LogP contribution in [0.2, 0.25) is 0 Å². The molecule has 2 aromatic rings. The van der Waals surface area contributed by atoms with Crippen LogP contribution in [0.5, 0.6) is 0 Å². The molecular weight excluding hydrogens is 268 g/mol. The molecule has 0 amide bonds. The molecule has 1 nitrogen and oxygen atoms in total. The summed E-state index contributed by atoms with van der Waals surface area (Å²) in [6.07, 6.45) is 5.28. The lowest BCUT2D eigenvalue weighted by Crippen LogP contribution is -2.29. The maximum absolute atomic E-state index is 14.1. The van der Waals surface area contributed by atoms with Gasteiger partial charge >= 0.3 is 0 Å².